The van der Waals surface area contributed by atoms with E-state index in [1.807, 2.05) is 20.8 Å². The largest absolute Gasteiger partial charge is 0.393 e. The van der Waals surface area contributed by atoms with Crippen LogP contribution in [0.25, 0.3) is 0 Å². The van der Waals surface area contributed by atoms with Crippen LogP contribution in [0.3, 0.4) is 0 Å². The van der Waals surface area contributed by atoms with E-state index in [2.05, 4.69) is 10.3 Å². The number of carbonyl (C=O) groups excluding carboxylic acids is 1. The van der Waals surface area contributed by atoms with Crippen molar-refractivity contribution in [1.82, 2.24) is 4.98 Å². The Labute approximate surface area is 101 Å². The van der Waals surface area contributed by atoms with Gasteiger partial charge in [0.15, 0.2) is 0 Å². The molecular formula is C12H18N2O3. The van der Waals surface area contributed by atoms with Crippen LogP contribution < -0.4 is 5.32 Å². The Morgan fingerprint density at radius 2 is 2.12 bits per heavy atom. The lowest BCUT2D eigenvalue weighted by molar-refractivity contribution is -0.123. The molecule has 1 heterocycles. The molecule has 0 aromatic carbocycles. The minimum Gasteiger partial charge on any atom is -0.393 e. The monoisotopic (exact) mass is 238 g/mol. The van der Waals surface area contributed by atoms with Crippen LogP contribution >= 0.6 is 0 Å². The van der Waals surface area contributed by atoms with Crippen molar-refractivity contribution in [2.75, 3.05) is 11.9 Å². The molecule has 0 spiro atoms. The average Bonchev–Trinajstić information content (AvgIpc) is 2.27. The molecule has 1 rings (SSSR count). The number of rotatable bonds is 3. The molecule has 0 aliphatic carbocycles. The van der Waals surface area contributed by atoms with Gasteiger partial charge >= 0.3 is 0 Å². The van der Waals surface area contributed by atoms with Crippen molar-refractivity contribution in [3.63, 3.8) is 0 Å². The van der Waals surface area contributed by atoms with Crippen molar-refractivity contribution in [2.45, 2.75) is 26.9 Å². The van der Waals surface area contributed by atoms with Crippen molar-refractivity contribution in [2.24, 2.45) is 5.41 Å². The molecule has 1 unspecified atom stereocenters. The van der Waals surface area contributed by atoms with E-state index in [-0.39, 0.29) is 12.5 Å². The SMILES string of the molecule is CC(C)(C)C(=O)Nc1ccc(C(O)CO)cn1. The lowest BCUT2D eigenvalue weighted by Crippen LogP contribution is -2.28. The first-order valence-corrected chi connectivity index (χ1v) is 5.41. The van der Waals surface area contributed by atoms with Crippen LogP contribution in [0.15, 0.2) is 18.3 Å². The van der Waals surface area contributed by atoms with Crippen LogP contribution in [0.4, 0.5) is 5.82 Å². The molecule has 5 nitrogen and oxygen atoms in total. The van der Waals surface area contributed by atoms with Gasteiger partial charge in [0.2, 0.25) is 5.91 Å². The third kappa shape index (κ3) is 3.80. The summed E-state index contributed by atoms with van der Waals surface area (Å²) < 4.78 is 0. The number of amides is 1. The summed E-state index contributed by atoms with van der Waals surface area (Å²) in [4.78, 5) is 15.7. The molecular weight excluding hydrogens is 220 g/mol. The number of carbonyl (C=O) groups is 1. The first-order chi connectivity index (χ1) is 7.84. The number of aliphatic hydroxyl groups excluding tert-OH is 2. The Morgan fingerprint density at radius 1 is 1.47 bits per heavy atom. The normalized spacial score (nSPS) is 13.2. The minimum atomic E-state index is -0.935. The predicted octanol–water partition coefficient (Wildman–Crippen LogP) is 1.09. The molecule has 5 heteroatoms. The molecule has 0 fully saturated rings. The second kappa shape index (κ2) is 5.25. The van der Waals surface area contributed by atoms with Gasteiger partial charge in [0, 0.05) is 17.2 Å². The molecule has 0 aliphatic rings. The zero-order valence-electron chi connectivity index (χ0n) is 10.3. The van der Waals surface area contributed by atoms with E-state index < -0.39 is 11.5 Å². The van der Waals surface area contributed by atoms with E-state index in [9.17, 15) is 9.90 Å². The highest BCUT2D eigenvalue weighted by atomic mass is 16.3. The fourth-order valence-corrected chi connectivity index (χ4v) is 1.09. The second-order valence-electron chi connectivity index (χ2n) is 4.88. The van der Waals surface area contributed by atoms with E-state index in [4.69, 9.17) is 5.11 Å². The maximum Gasteiger partial charge on any atom is 0.230 e. The smallest absolute Gasteiger partial charge is 0.230 e. The highest BCUT2D eigenvalue weighted by Crippen LogP contribution is 2.17. The molecule has 1 amide bonds. The lowest BCUT2D eigenvalue weighted by atomic mass is 9.96. The Bertz CT molecular complexity index is 382. The van der Waals surface area contributed by atoms with E-state index >= 15 is 0 Å². The number of nitrogens with one attached hydrogen (secondary N) is 1. The van der Waals surface area contributed by atoms with Crippen molar-refractivity contribution in [3.8, 4) is 0 Å². The molecule has 0 saturated heterocycles. The van der Waals surface area contributed by atoms with E-state index in [1.165, 1.54) is 6.20 Å². The van der Waals surface area contributed by atoms with Gasteiger partial charge in [-0.1, -0.05) is 26.8 Å². The fourth-order valence-electron chi connectivity index (χ4n) is 1.09. The van der Waals surface area contributed by atoms with Crippen molar-refractivity contribution in [1.29, 1.82) is 0 Å². The van der Waals surface area contributed by atoms with Crippen LogP contribution in [0, 0.1) is 5.41 Å². The number of anilines is 1. The van der Waals surface area contributed by atoms with Crippen LogP contribution in [-0.2, 0) is 4.79 Å². The molecule has 3 N–H and O–H groups in total. The van der Waals surface area contributed by atoms with Gasteiger partial charge in [0.1, 0.15) is 11.9 Å². The van der Waals surface area contributed by atoms with Gasteiger partial charge in [-0.05, 0) is 6.07 Å². The van der Waals surface area contributed by atoms with Crippen molar-refractivity contribution < 1.29 is 15.0 Å². The lowest BCUT2D eigenvalue weighted by Gasteiger charge is -2.17. The number of nitrogens with zero attached hydrogens (tertiary/aromatic N) is 1. The first-order valence-electron chi connectivity index (χ1n) is 5.41. The number of pyridine rings is 1. The molecule has 0 bridgehead atoms. The van der Waals surface area contributed by atoms with E-state index in [1.54, 1.807) is 12.1 Å². The van der Waals surface area contributed by atoms with Crippen LogP contribution in [0.5, 0.6) is 0 Å². The van der Waals surface area contributed by atoms with Gasteiger partial charge in [-0.3, -0.25) is 4.79 Å². The Kier molecular flexibility index (Phi) is 4.20. The summed E-state index contributed by atoms with van der Waals surface area (Å²) in [6.07, 6.45) is 0.494. The predicted molar refractivity (Wildman–Crippen MR) is 64.4 cm³/mol. The third-order valence-corrected chi connectivity index (χ3v) is 2.27. The molecule has 1 aromatic rings. The number of hydrogen-bond acceptors (Lipinski definition) is 4. The van der Waals surface area contributed by atoms with E-state index in [0.29, 0.717) is 11.4 Å². The van der Waals surface area contributed by atoms with Crippen LogP contribution in [-0.4, -0.2) is 27.7 Å². The quantitative estimate of drug-likeness (QED) is 0.736. The summed E-state index contributed by atoms with van der Waals surface area (Å²) in [5, 5.41) is 20.8. The topological polar surface area (TPSA) is 82.5 Å². The maximum absolute atomic E-state index is 11.7. The first kappa shape index (κ1) is 13.6. The molecule has 1 aromatic heterocycles. The second-order valence-corrected chi connectivity index (χ2v) is 4.88. The van der Waals surface area contributed by atoms with Gasteiger partial charge in [0.25, 0.3) is 0 Å². The minimum absolute atomic E-state index is 0.125. The standard InChI is InChI=1S/C12H18N2O3/c1-12(2,3)11(17)14-10-5-4-8(6-13-10)9(16)7-15/h4-6,9,15-16H,7H2,1-3H3,(H,13,14,17). The van der Waals surface area contributed by atoms with Gasteiger partial charge in [0.05, 0.1) is 6.61 Å². The molecule has 0 radical (unpaired) electrons. The highest BCUT2D eigenvalue weighted by Gasteiger charge is 2.21. The number of aliphatic hydroxyl groups is 2. The molecule has 94 valence electrons. The third-order valence-electron chi connectivity index (χ3n) is 2.27. The van der Waals surface area contributed by atoms with Crippen molar-refractivity contribution >= 4 is 11.7 Å². The molecule has 0 saturated carbocycles. The highest BCUT2D eigenvalue weighted by molar-refractivity contribution is 5.93. The van der Waals surface area contributed by atoms with Gasteiger partial charge in [-0.15, -0.1) is 0 Å². The summed E-state index contributed by atoms with van der Waals surface area (Å²) >= 11 is 0. The van der Waals surface area contributed by atoms with Crippen LogP contribution in [0.2, 0.25) is 0 Å². The molecule has 0 aliphatic heterocycles. The van der Waals surface area contributed by atoms with Crippen LogP contribution in [0.1, 0.15) is 32.4 Å². The van der Waals surface area contributed by atoms with Gasteiger partial charge < -0.3 is 15.5 Å². The van der Waals surface area contributed by atoms with E-state index in [0.717, 1.165) is 0 Å². The zero-order chi connectivity index (χ0) is 13.1. The number of aromatic nitrogens is 1. The molecule has 1 atom stereocenters. The van der Waals surface area contributed by atoms with Gasteiger partial charge in [-0.2, -0.15) is 0 Å². The Hall–Kier alpha value is -1.46. The Morgan fingerprint density at radius 3 is 2.53 bits per heavy atom. The maximum atomic E-state index is 11.7. The fraction of sp³-hybridized carbons (Fsp3) is 0.500. The average molecular weight is 238 g/mol. The van der Waals surface area contributed by atoms with Gasteiger partial charge in [-0.25, -0.2) is 4.98 Å². The molecule has 17 heavy (non-hydrogen) atoms. The summed E-state index contributed by atoms with van der Waals surface area (Å²) in [6, 6.07) is 3.21. The summed E-state index contributed by atoms with van der Waals surface area (Å²) in [5.74, 6) is 0.305. The van der Waals surface area contributed by atoms with Crippen molar-refractivity contribution in [3.05, 3.63) is 23.9 Å². The summed E-state index contributed by atoms with van der Waals surface area (Å²) in [7, 11) is 0. The summed E-state index contributed by atoms with van der Waals surface area (Å²) in [5.41, 5.74) is 0.0339. The number of hydrogen-bond donors (Lipinski definition) is 3. The summed E-state index contributed by atoms with van der Waals surface area (Å²) in [6.45, 7) is 5.08. The zero-order valence-corrected chi connectivity index (χ0v) is 10.3. The Balaban J connectivity index is 2.72.